The molecule has 114 valence electrons. The highest BCUT2D eigenvalue weighted by Gasteiger charge is 2.25. The molecule has 20 heavy (non-hydrogen) atoms. The minimum absolute atomic E-state index is 0.517. The second-order valence-corrected chi connectivity index (χ2v) is 7.21. The zero-order valence-corrected chi connectivity index (χ0v) is 14.2. The monoisotopic (exact) mass is 295 g/mol. The summed E-state index contributed by atoms with van der Waals surface area (Å²) in [4.78, 5) is 8.87. The first-order valence-electron chi connectivity index (χ1n) is 8.10. The van der Waals surface area contributed by atoms with Gasteiger partial charge in [-0.1, -0.05) is 34.1 Å². The molecule has 0 amide bonds. The van der Waals surface area contributed by atoms with Gasteiger partial charge in [0.15, 0.2) is 5.13 Å². The van der Waals surface area contributed by atoms with Gasteiger partial charge in [0, 0.05) is 24.5 Å². The number of hydrogen-bond donors (Lipinski definition) is 1. The first-order valence-corrected chi connectivity index (χ1v) is 8.92. The number of nitrogens with one attached hydrogen (secondary N) is 1. The molecule has 1 aromatic rings. The first-order chi connectivity index (χ1) is 9.65. The van der Waals surface area contributed by atoms with Crippen molar-refractivity contribution in [3.8, 4) is 0 Å². The highest BCUT2D eigenvalue weighted by atomic mass is 32.1. The number of aromatic nitrogens is 1. The lowest BCUT2D eigenvalue weighted by Gasteiger charge is -2.14. The second-order valence-electron chi connectivity index (χ2n) is 6.15. The average molecular weight is 295 g/mol. The van der Waals surface area contributed by atoms with Gasteiger partial charge >= 0.3 is 0 Å². The maximum atomic E-state index is 4.94. The third-order valence-electron chi connectivity index (χ3n) is 4.11. The number of hydrogen-bond acceptors (Lipinski definition) is 4. The maximum Gasteiger partial charge on any atom is 0.185 e. The summed E-state index contributed by atoms with van der Waals surface area (Å²) in [6.45, 7) is 13.5. The van der Waals surface area contributed by atoms with Crippen molar-refractivity contribution in [1.29, 1.82) is 0 Å². The fraction of sp³-hybridized carbons (Fsp3) is 0.812. The summed E-state index contributed by atoms with van der Waals surface area (Å²) < 4.78 is 0. The summed E-state index contributed by atoms with van der Waals surface area (Å²) in [5.41, 5.74) is 1.30. The van der Waals surface area contributed by atoms with Gasteiger partial charge in [-0.25, -0.2) is 4.98 Å². The summed E-state index contributed by atoms with van der Waals surface area (Å²) in [6, 6.07) is 0. The van der Waals surface area contributed by atoms with Crippen LogP contribution in [0.4, 0.5) is 5.13 Å². The van der Waals surface area contributed by atoms with E-state index in [9.17, 15) is 0 Å². The molecule has 2 rings (SSSR count). The normalized spacial score (nSPS) is 19.2. The van der Waals surface area contributed by atoms with Crippen molar-refractivity contribution < 1.29 is 0 Å². The average Bonchev–Trinajstić information content (AvgIpc) is 3.05. The molecule has 1 saturated heterocycles. The van der Waals surface area contributed by atoms with E-state index in [1.54, 1.807) is 0 Å². The van der Waals surface area contributed by atoms with Crippen LogP contribution in [0.5, 0.6) is 0 Å². The molecule has 2 heterocycles. The standard InChI is InChI=1S/C16H29N3S/c1-5-8-17-10-14-15(12(3)4)18-16(20-14)19-9-7-13(6-2)11-19/h12-13,17H,5-11H2,1-4H3. The Hall–Kier alpha value is -0.610. The van der Waals surface area contributed by atoms with E-state index >= 15 is 0 Å². The molecule has 4 heteroatoms. The Kier molecular flexibility index (Phi) is 5.85. The molecule has 1 atom stereocenters. The molecule has 1 aromatic heterocycles. The molecule has 1 N–H and O–H groups in total. The number of thiazole rings is 1. The zero-order chi connectivity index (χ0) is 14.5. The lowest BCUT2D eigenvalue weighted by Crippen LogP contribution is -2.19. The third kappa shape index (κ3) is 3.73. The lowest BCUT2D eigenvalue weighted by molar-refractivity contribution is 0.569. The molecule has 0 spiro atoms. The Labute approximate surface area is 127 Å². The van der Waals surface area contributed by atoms with E-state index in [2.05, 4.69) is 37.9 Å². The molecule has 1 fully saturated rings. The van der Waals surface area contributed by atoms with Gasteiger partial charge in [-0.05, 0) is 31.2 Å². The van der Waals surface area contributed by atoms with Crippen molar-refractivity contribution in [2.24, 2.45) is 5.92 Å². The van der Waals surface area contributed by atoms with E-state index in [1.807, 2.05) is 11.3 Å². The van der Waals surface area contributed by atoms with Gasteiger partial charge in [-0.2, -0.15) is 0 Å². The highest BCUT2D eigenvalue weighted by Crippen LogP contribution is 2.34. The van der Waals surface area contributed by atoms with E-state index in [4.69, 9.17) is 4.98 Å². The second kappa shape index (κ2) is 7.41. The quantitative estimate of drug-likeness (QED) is 0.771. The smallest absolute Gasteiger partial charge is 0.185 e. The molecular weight excluding hydrogens is 266 g/mol. The summed E-state index contributed by atoms with van der Waals surface area (Å²) in [6.07, 6.45) is 3.81. The van der Waals surface area contributed by atoms with Crippen LogP contribution in [0, 0.1) is 5.92 Å². The molecule has 0 aromatic carbocycles. The molecule has 0 radical (unpaired) electrons. The van der Waals surface area contributed by atoms with Crippen molar-refractivity contribution in [2.75, 3.05) is 24.5 Å². The summed E-state index contributed by atoms with van der Waals surface area (Å²) in [5.74, 6) is 1.38. The van der Waals surface area contributed by atoms with Gasteiger partial charge in [0.05, 0.1) is 5.69 Å². The number of rotatable bonds is 7. The molecule has 0 saturated carbocycles. The predicted molar refractivity (Wildman–Crippen MR) is 88.8 cm³/mol. The Morgan fingerprint density at radius 3 is 2.80 bits per heavy atom. The van der Waals surface area contributed by atoms with Gasteiger partial charge in [0.1, 0.15) is 0 Å². The number of nitrogens with zero attached hydrogens (tertiary/aromatic N) is 2. The van der Waals surface area contributed by atoms with Crippen LogP contribution in [0.15, 0.2) is 0 Å². The van der Waals surface area contributed by atoms with E-state index in [1.165, 1.54) is 48.1 Å². The van der Waals surface area contributed by atoms with E-state index in [0.717, 1.165) is 19.0 Å². The summed E-state index contributed by atoms with van der Waals surface area (Å²) >= 11 is 1.90. The Morgan fingerprint density at radius 1 is 1.40 bits per heavy atom. The molecule has 0 bridgehead atoms. The van der Waals surface area contributed by atoms with Crippen molar-refractivity contribution in [3.63, 3.8) is 0 Å². The van der Waals surface area contributed by atoms with Crippen LogP contribution < -0.4 is 10.2 Å². The molecule has 1 aliphatic rings. The van der Waals surface area contributed by atoms with Gasteiger partial charge in [0.2, 0.25) is 0 Å². The maximum absolute atomic E-state index is 4.94. The Balaban J connectivity index is 2.08. The SMILES string of the molecule is CCCNCc1sc(N2CCC(CC)C2)nc1C(C)C. The topological polar surface area (TPSA) is 28.2 Å². The van der Waals surface area contributed by atoms with Crippen molar-refractivity contribution >= 4 is 16.5 Å². The van der Waals surface area contributed by atoms with Gasteiger partial charge < -0.3 is 10.2 Å². The Morgan fingerprint density at radius 2 is 2.20 bits per heavy atom. The summed E-state index contributed by atoms with van der Waals surface area (Å²) in [5, 5.41) is 4.77. The molecule has 0 aliphatic carbocycles. The van der Waals surface area contributed by atoms with E-state index in [0.29, 0.717) is 5.92 Å². The van der Waals surface area contributed by atoms with Crippen LogP contribution in [0.3, 0.4) is 0 Å². The minimum Gasteiger partial charge on any atom is -0.348 e. The molecular formula is C16H29N3S. The molecule has 3 nitrogen and oxygen atoms in total. The fourth-order valence-corrected chi connectivity index (χ4v) is 4.00. The first kappa shape index (κ1) is 15.8. The summed E-state index contributed by atoms with van der Waals surface area (Å²) in [7, 11) is 0. The van der Waals surface area contributed by atoms with Crippen molar-refractivity contribution in [3.05, 3.63) is 10.6 Å². The van der Waals surface area contributed by atoms with Crippen LogP contribution in [0.25, 0.3) is 0 Å². The van der Waals surface area contributed by atoms with Gasteiger partial charge in [0.25, 0.3) is 0 Å². The largest absolute Gasteiger partial charge is 0.348 e. The van der Waals surface area contributed by atoms with Gasteiger partial charge in [-0.15, -0.1) is 11.3 Å². The fourth-order valence-electron chi connectivity index (χ4n) is 2.78. The van der Waals surface area contributed by atoms with Crippen molar-refractivity contribution in [1.82, 2.24) is 10.3 Å². The zero-order valence-electron chi connectivity index (χ0n) is 13.4. The highest BCUT2D eigenvalue weighted by molar-refractivity contribution is 7.15. The molecule has 1 aliphatic heterocycles. The predicted octanol–water partition coefficient (Wildman–Crippen LogP) is 4.00. The van der Waals surface area contributed by atoms with Crippen LogP contribution >= 0.6 is 11.3 Å². The third-order valence-corrected chi connectivity index (χ3v) is 5.24. The van der Waals surface area contributed by atoms with Crippen LogP contribution in [0.2, 0.25) is 0 Å². The number of anilines is 1. The van der Waals surface area contributed by atoms with Crippen LogP contribution in [-0.4, -0.2) is 24.6 Å². The minimum atomic E-state index is 0.517. The Bertz CT molecular complexity index is 414. The van der Waals surface area contributed by atoms with Crippen molar-refractivity contribution in [2.45, 2.75) is 59.4 Å². The van der Waals surface area contributed by atoms with Crippen LogP contribution in [0.1, 0.15) is 63.4 Å². The molecule has 1 unspecified atom stereocenters. The lowest BCUT2D eigenvalue weighted by atomic mass is 10.1. The van der Waals surface area contributed by atoms with E-state index < -0.39 is 0 Å². The van der Waals surface area contributed by atoms with E-state index in [-0.39, 0.29) is 0 Å². The van der Waals surface area contributed by atoms with Gasteiger partial charge in [-0.3, -0.25) is 0 Å². The van der Waals surface area contributed by atoms with Crippen LogP contribution in [-0.2, 0) is 6.54 Å².